The van der Waals surface area contributed by atoms with E-state index in [1.807, 2.05) is 30.3 Å². The Morgan fingerprint density at radius 1 is 1.18 bits per heavy atom. The molecule has 17 heavy (non-hydrogen) atoms. The predicted octanol–water partition coefficient (Wildman–Crippen LogP) is 1.72. The van der Waals surface area contributed by atoms with Crippen molar-refractivity contribution < 1.29 is 14.7 Å². The molecule has 4 nitrogen and oxygen atoms in total. The minimum atomic E-state index is -0.999. The van der Waals surface area contributed by atoms with E-state index in [2.05, 4.69) is 0 Å². The second-order valence-electron chi connectivity index (χ2n) is 4.10. The average molecular weight is 235 g/mol. The summed E-state index contributed by atoms with van der Waals surface area (Å²) in [7, 11) is 1.51. The van der Waals surface area contributed by atoms with Gasteiger partial charge in [-0.15, -0.1) is 0 Å². The van der Waals surface area contributed by atoms with Crippen molar-refractivity contribution in [3.8, 4) is 0 Å². The number of nitrogens with zero attached hydrogens (tertiary/aromatic N) is 1. The summed E-state index contributed by atoms with van der Waals surface area (Å²) in [5, 5.41) is 8.86. The van der Waals surface area contributed by atoms with Gasteiger partial charge < -0.3 is 10.0 Å². The molecular formula is C13H17NO3. The molecule has 0 aliphatic rings. The Morgan fingerprint density at radius 3 is 2.18 bits per heavy atom. The molecule has 2 atom stereocenters. The van der Waals surface area contributed by atoms with Crippen LogP contribution in [0.4, 0.5) is 0 Å². The summed E-state index contributed by atoms with van der Waals surface area (Å²) < 4.78 is 0. The van der Waals surface area contributed by atoms with Crippen LogP contribution in [0.1, 0.15) is 25.3 Å². The summed E-state index contributed by atoms with van der Waals surface area (Å²) in [6.45, 7) is 3.28. The van der Waals surface area contributed by atoms with Crippen LogP contribution < -0.4 is 0 Å². The third-order valence-corrected chi connectivity index (χ3v) is 2.96. The van der Waals surface area contributed by atoms with E-state index in [4.69, 9.17) is 5.11 Å². The maximum absolute atomic E-state index is 12.1. The van der Waals surface area contributed by atoms with E-state index in [9.17, 15) is 9.59 Å². The highest BCUT2D eigenvalue weighted by atomic mass is 16.4. The average Bonchev–Trinajstić information content (AvgIpc) is 2.36. The Bertz CT molecular complexity index is 402. The molecule has 0 fully saturated rings. The molecule has 1 aromatic carbocycles. The molecule has 0 bridgehead atoms. The fraction of sp³-hybridized carbons (Fsp3) is 0.385. The van der Waals surface area contributed by atoms with E-state index in [1.54, 1.807) is 6.92 Å². The van der Waals surface area contributed by atoms with E-state index >= 15 is 0 Å². The van der Waals surface area contributed by atoms with Crippen molar-refractivity contribution in [3.63, 3.8) is 0 Å². The van der Waals surface area contributed by atoms with Gasteiger partial charge in [0.15, 0.2) is 0 Å². The highest BCUT2D eigenvalue weighted by Gasteiger charge is 2.26. The summed E-state index contributed by atoms with van der Waals surface area (Å²) in [5.74, 6) is -1.52. The van der Waals surface area contributed by atoms with Crippen molar-refractivity contribution in [2.75, 3.05) is 7.05 Å². The zero-order chi connectivity index (χ0) is 13.0. The molecule has 92 valence electrons. The van der Waals surface area contributed by atoms with Gasteiger partial charge in [-0.1, -0.05) is 30.3 Å². The van der Waals surface area contributed by atoms with Crippen molar-refractivity contribution in [3.05, 3.63) is 35.9 Å². The fourth-order valence-corrected chi connectivity index (χ4v) is 1.55. The first kappa shape index (κ1) is 13.2. The third-order valence-electron chi connectivity index (χ3n) is 2.96. The number of likely N-dealkylation sites (N-methyl/N-ethyl adjacent to an activating group) is 1. The quantitative estimate of drug-likeness (QED) is 0.864. The molecule has 1 rings (SSSR count). The lowest BCUT2D eigenvalue weighted by atomic mass is 9.99. The van der Waals surface area contributed by atoms with Gasteiger partial charge in [0.1, 0.15) is 6.04 Å². The highest BCUT2D eigenvalue weighted by Crippen LogP contribution is 2.18. The van der Waals surface area contributed by atoms with Crippen molar-refractivity contribution in [1.82, 2.24) is 4.90 Å². The first-order valence-electron chi connectivity index (χ1n) is 5.49. The van der Waals surface area contributed by atoms with Crippen LogP contribution in [0.25, 0.3) is 0 Å². The molecule has 1 aromatic rings. The fourth-order valence-electron chi connectivity index (χ4n) is 1.55. The molecule has 0 radical (unpaired) electrons. The van der Waals surface area contributed by atoms with E-state index < -0.39 is 12.0 Å². The second-order valence-corrected chi connectivity index (χ2v) is 4.10. The van der Waals surface area contributed by atoms with Gasteiger partial charge in [0.05, 0.1) is 5.92 Å². The molecule has 1 amide bonds. The first-order chi connectivity index (χ1) is 7.95. The number of hydrogen-bond donors (Lipinski definition) is 1. The lowest BCUT2D eigenvalue weighted by molar-refractivity contribution is -0.148. The lowest BCUT2D eigenvalue weighted by Gasteiger charge is -2.25. The van der Waals surface area contributed by atoms with E-state index in [0.717, 1.165) is 5.56 Å². The number of rotatable bonds is 4. The zero-order valence-electron chi connectivity index (χ0n) is 10.3. The molecule has 2 unspecified atom stereocenters. The number of carboxylic acids is 1. The Labute approximate surface area is 101 Å². The number of carbonyl (C=O) groups is 2. The molecule has 0 spiro atoms. The monoisotopic (exact) mass is 235 g/mol. The largest absolute Gasteiger partial charge is 0.480 e. The van der Waals surface area contributed by atoms with Crippen LogP contribution in [0.5, 0.6) is 0 Å². The van der Waals surface area contributed by atoms with Crippen molar-refractivity contribution >= 4 is 11.9 Å². The first-order valence-corrected chi connectivity index (χ1v) is 5.49. The SMILES string of the molecule is CC(C(=O)N(C)C(C)C(=O)O)c1ccccc1. The van der Waals surface area contributed by atoms with Gasteiger partial charge in [-0.2, -0.15) is 0 Å². The topological polar surface area (TPSA) is 57.6 Å². The summed E-state index contributed by atoms with van der Waals surface area (Å²) in [5.41, 5.74) is 0.891. The van der Waals surface area contributed by atoms with E-state index in [-0.39, 0.29) is 11.8 Å². The third kappa shape index (κ3) is 3.06. The van der Waals surface area contributed by atoms with Gasteiger partial charge in [0.25, 0.3) is 0 Å². The highest BCUT2D eigenvalue weighted by molar-refractivity contribution is 5.87. The Hall–Kier alpha value is -1.84. The van der Waals surface area contributed by atoms with Crippen LogP contribution in [0.2, 0.25) is 0 Å². The second kappa shape index (κ2) is 5.48. The van der Waals surface area contributed by atoms with Gasteiger partial charge in [-0.25, -0.2) is 4.79 Å². The molecule has 4 heteroatoms. The molecule has 0 aliphatic carbocycles. The van der Waals surface area contributed by atoms with Gasteiger partial charge in [-0.3, -0.25) is 4.79 Å². The molecule has 0 aliphatic heterocycles. The Morgan fingerprint density at radius 2 is 1.71 bits per heavy atom. The van der Waals surface area contributed by atoms with Crippen molar-refractivity contribution in [2.45, 2.75) is 25.8 Å². The normalized spacial score (nSPS) is 13.8. The Balaban J connectivity index is 2.80. The van der Waals surface area contributed by atoms with Gasteiger partial charge in [0.2, 0.25) is 5.91 Å². The minimum Gasteiger partial charge on any atom is -0.480 e. The zero-order valence-corrected chi connectivity index (χ0v) is 10.3. The maximum atomic E-state index is 12.1. The van der Waals surface area contributed by atoms with Gasteiger partial charge >= 0.3 is 5.97 Å². The van der Waals surface area contributed by atoms with Crippen LogP contribution in [0, 0.1) is 0 Å². The molecule has 1 N–H and O–H groups in total. The van der Waals surface area contributed by atoms with E-state index in [0.29, 0.717) is 0 Å². The molecule has 0 saturated heterocycles. The summed E-state index contributed by atoms with van der Waals surface area (Å²) in [4.78, 5) is 24.1. The minimum absolute atomic E-state index is 0.189. The van der Waals surface area contributed by atoms with Crippen molar-refractivity contribution in [2.24, 2.45) is 0 Å². The smallest absolute Gasteiger partial charge is 0.326 e. The summed E-state index contributed by atoms with van der Waals surface area (Å²) in [6.07, 6.45) is 0. The number of benzene rings is 1. The molecule has 0 heterocycles. The van der Waals surface area contributed by atoms with E-state index in [1.165, 1.54) is 18.9 Å². The Kier molecular flexibility index (Phi) is 4.26. The number of carbonyl (C=O) groups excluding carboxylic acids is 1. The van der Waals surface area contributed by atoms with Crippen LogP contribution in [0.15, 0.2) is 30.3 Å². The van der Waals surface area contributed by atoms with Gasteiger partial charge in [0, 0.05) is 7.05 Å². The van der Waals surface area contributed by atoms with Gasteiger partial charge in [-0.05, 0) is 19.4 Å². The maximum Gasteiger partial charge on any atom is 0.326 e. The summed E-state index contributed by atoms with van der Waals surface area (Å²) >= 11 is 0. The lowest BCUT2D eigenvalue weighted by Crippen LogP contribution is -2.42. The number of hydrogen-bond acceptors (Lipinski definition) is 2. The number of aliphatic carboxylic acids is 1. The molecule has 0 saturated carbocycles. The van der Waals surface area contributed by atoms with Crippen LogP contribution in [-0.4, -0.2) is 35.0 Å². The predicted molar refractivity (Wildman–Crippen MR) is 64.7 cm³/mol. The summed E-state index contributed by atoms with van der Waals surface area (Å²) in [6, 6.07) is 8.52. The van der Waals surface area contributed by atoms with Crippen LogP contribution >= 0.6 is 0 Å². The molecule has 0 aromatic heterocycles. The number of amides is 1. The standard InChI is InChI=1S/C13H17NO3/c1-9(11-7-5-4-6-8-11)12(15)14(3)10(2)13(16)17/h4-10H,1-3H3,(H,16,17). The molecular weight excluding hydrogens is 218 g/mol. The van der Waals surface area contributed by atoms with Crippen LogP contribution in [0.3, 0.4) is 0 Å². The van der Waals surface area contributed by atoms with Crippen LogP contribution in [-0.2, 0) is 9.59 Å². The number of carboxylic acid groups (broad SMARTS) is 1. The van der Waals surface area contributed by atoms with Crippen molar-refractivity contribution in [1.29, 1.82) is 0 Å².